The normalized spacial score (nSPS) is 18.2. The summed E-state index contributed by atoms with van der Waals surface area (Å²) in [5.41, 5.74) is 10.7. The minimum atomic E-state index is 0.0823. The number of anilines is 3. The fourth-order valence-corrected chi connectivity index (χ4v) is 7.75. The van der Waals surface area contributed by atoms with Gasteiger partial charge in [0.25, 0.3) is 0 Å². The van der Waals surface area contributed by atoms with E-state index in [2.05, 4.69) is 173 Å². The molecule has 0 aliphatic carbocycles. The van der Waals surface area contributed by atoms with E-state index in [0.717, 1.165) is 74.6 Å². The van der Waals surface area contributed by atoms with Crippen LogP contribution >= 0.6 is 0 Å². The minimum Gasteiger partial charge on any atom is -0.347 e. The van der Waals surface area contributed by atoms with Gasteiger partial charge in [0.05, 0.1) is 36.1 Å². The zero-order valence-electron chi connectivity index (χ0n) is 28.9. The predicted molar refractivity (Wildman–Crippen MR) is 217 cm³/mol. The summed E-state index contributed by atoms with van der Waals surface area (Å²) >= 11 is 0. The van der Waals surface area contributed by atoms with Gasteiger partial charge in [0.15, 0.2) is 0 Å². The molecule has 53 heavy (non-hydrogen) atoms. The Hall–Kier alpha value is -6.97. The predicted octanol–water partition coefficient (Wildman–Crippen LogP) is 10.0. The van der Waals surface area contributed by atoms with Crippen LogP contribution in [0.1, 0.15) is 16.7 Å². The fraction of sp³-hybridized carbons (Fsp3) is 0.0851. The van der Waals surface area contributed by atoms with Gasteiger partial charge in [-0.1, -0.05) is 72.8 Å². The third-order valence-corrected chi connectivity index (χ3v) is 10.6. The third kappa shape index (κ3) is 5.69. The zero-order chi connectivity index (χ0) is 35.3. The summed E-state index contributed by atoms with van der Waals surface area (Å²) in [7, 11) is 0. The maximum absolute atomic E-state index is 9.31. The van der Waals surface area contributed by atoms with Crippen molar-refractivity contribution in [3.05, 3.63) is 187 Å². The standard InChI is InChI=1S/C47H34N6/c48-29-32-7-8-36-26-37(10-9-35(36)25-32)38-11-12-40-28-43(22-17-39(40)27-38)53(41-18-13-33(14-19-41)44-30-51-23-3-1-5-46(51)49-44)42-20-15-34(16-21-42)45-31-52-24-4-2-6-47(52)50-45/h1-28,46-47H,30-31H2. The van der Waals surface area contributed by atoms with Gasteiger partial charge in [-0.2, -0.15) is 5.26 Å². The van der Waals surface area contributed by atoms with Gasteiger partial charge in [0.2, 0.25) is 0 Å². The number of fused-ring (bicyclic) bond motifs is 4. The number of nitriles is 1. The SMILES string of the molecule is N#Cc1ccc2cc(-c3ccc4cc(N(c5ccc(C6=NC7C=CC=CN7C6)cc5)c5ccc(C6=NC7C=CC=CN7C6)cc5)ccc4c3)ccc2c1. The molecule has 2 atom stereocenters. The highest BCUT2D eigenvalue weighted by Gasteiger charge is 2.25. The molecule has 0 saturated carbocycles. The van der Waals surface area contributed by atoms with Crippen LogP contribution in [0.5, 0.6) is 0 Å². The van der Waals surface area contributed by atoms with Crippen LogP contribution in [-0.4, -0.2) is 46.6 Å². The summed E-state index contributed by atoms with van der Waals surface area (Å²) in [6.07, 6.45) is 17.0. The first-order valence-electron chi connectivity index (χ1n) is 18.0. The molecule has 0 aromatic heterocycles. The van der Waals surface area contributed by atoms with Crippen molar-refractivity contribution < 1.29 is 0 Å². The van der Waals surface area contributed by atoms with Crippen LogP contribution in [0.25, 0.3) is 32.7 Å². The molecule has 4 aliphatic rings. The Labute approximate surface area is 308 Å². The second kappa shape index (κ2) is 12.7. The number of benzene rings is 6. The Balaban J connectivity index is 0.994. The Kier molecular flexibility index (Phi) is 7.36. The van der Waals surface area contributed by atoms with E-state index in [4.69, 9.17) is 9.98 Å². The molecule has 6 nitrogen and oxygen atoms in total. The Morgan fingerprint density at radius 3 is 1.47 bits per heavy atom. The van der Waals surface area contributed by atoms with Gasteiger partial charge in [0.1, 0.15) is 12.3 Å². The lowest BCUT2D eigenvalue weighted by molar-refractivity contribution is 0.393. The first-order valence-corrected chi connectivity index (χ1v) is 18.0. The fourth-order valence-electron chi connectivity index (χ4n) is 7.75. The highest BCUT2D eigenvalue weighted by Crippen LogP contribution is 2.38. The summed E-state index contributed by atoms with van der Waals surface area (Å²) in [6, 6.07) is 45.5. The van der Waals surface area contributed by atoms with Crippen LogP contribution in [0, 0.1) is 11.3 Å². The minimum absolute atomic E-state index is 0.0823. The highest BCUT2D eigenvalue weighted by atomic mass is 15.3. The van der Waals surface area contributed by atoms with Crippen molar-refractivity contribution in [1.82, 2.24) is 9.80 Å². The lowest BCUT2D eigenvalue weighted by atomic mass is 9.97. The largest absolute Gasteiger partial charge is 0.347 e. The van der Waals surface area contributed by atoms with E-state index in [1.54, 1.807) is 0 Å². The molecule has 252 valence electrons. The molecule has 6 heteroatoms. The van der Waals surface area contributed by atoms with Gasteiger partial charge in [-0.05, 0) is 129 Å². The first-order chi connectivity index (χ1) is 26.1. The maximum atomic E-state index is 9.31. The van der Waals surface area contributed by atoms with E-state index in [-0.39, 0.29) is 12.3 Å². The molecule has 0 spiro atoms. The summed E-state index contributed by atoms with van der Waals surface area (Å²) in [6.45, 7) is 1.61. The molecule has 0 radical (unpaired) electrons. The van der Waals surface area contributed by atoms with Gasteiger partial charge in [-0.3, -0.25) is 9.98 Å². The molecule has 6 aromatic rings. The van der Waals surface area contributed by atoms with E-state index >= 15 is 0 Å². The maximum Gasteiger partial charge on any atom is 0.140 e. The molecule has 0 N–H and O–H groups in total. The van der Waals surface area contributed by atoms with Crippen molar-refractivity contribution in [2.75, 3.05) is 18.0 Å². The topological polar surface area (TPSA) is 58.2 Å². The third-order valence-electron chi connectivity index (χ3n) is 10.6. The van der Waals surface area contributed by atoms with Crippen molar-refractivity contribution in [1.29, 1.82) is 5.26 Å². The zero-order valence-corrected chi connectivity index (χ0v) is 28.9. The number of allylic oxidation sites excluding steroid dienone is 4. The van der Waals surface area contributed by atoms with Crippen molar-refractivity contribution in [3.8, 4) is 17.2 Å². The van der Waals surface area contributed by atoms with Crippen molar-refractivity contribution in [2.24, 2.45) is 9.98 Å². The molecule has 0 bridgehead atoms. The van der Waals surface area contributed by atoms with Crippen LogP contribution in [0.4, 0.5) is 17.1 Å². The number of nitrogens with zero attached hydrogens (tertiary/aromatic N) is 6. The number of hydrogen-bond acceptors (Lipinski definition) is 6. The summed E-state index contributed by atoms with van der Waals surface area (Å²) in [5, 5.41) is 13.8. The lowest BCUT2D eigenvalue weighted by Crippen LogP contribution is -2.25. The summed E-state index contributed by atoms with van der Waals surface area (Å²) < 4.78 is 0. The molecule has 10 rings (SSSR count). The van der Waals surface area contributed by atoms with Crippen LogP contribution in [0.15, 0.2) is 180 Å². The molecule has 0 fully saturated rings. The van der Waals surface area contributed by atoms with Crippen molar-refractivity contribution >= 4 is 50.0 Å². The molecule has 4 aliphatic heterocycles. The van der Waals surface area contributed by atoms with Crippen LogP contribution in [-0.2, 0) is 0 Å². The molecular formula is C47H34N6. The van der Waals surface area contributed by atoms with Gasteiger partial charge in [0, 0.05) is 29.5 Å². The summed E-state index contributed by atoms with van der Waals surface area (Å²) in [5.74, 6) is 0. The van der Waals surface area contributed by atoms with Gasteiger partial charge in [-0.25, -0.2) is 0 Å². The van der Waals surface area contributed by atoms with Gasteiger partial charge in [-0.15, -0.1) is 0 Å². The average molecular weight is 683 g/mol. The van der Waals surface area contributed by atoms with E-state index < -0.39 is 0 Å². The lowest BCUT2D eigenvalue weighted by Gasteiger charge is -2.26. The van der Waals surface area contributed by atoms with Crippen molar-refractivity contribution in [3.63, 3.8) is 0 Å². The second-order valence-corrected chi connectivity index (χ2v) is 13.8. The van der Waals surface area contributed by atoms with Crippen LogP contribution < -0.4 is 4.90 Å². The quantitative estimate of drug-likeness (QED) is 0.176. The number of hydrogen-bond donors (Lipinski definition) is 0. The van der Waals surface area contributed by atoms with Crippen LogP contribution in [0.3, 0.4) is 0 Å². The van der Waals surface area contributed by atoms with E-state index in [0.29, 0.717) is 5.56 Å². The molecule has 0 saturated heterocycles. The highest BCUT2D eigenvalue weighted by molar-refractivity contribution is 6.05. The Morgan fingerprint density at radius 1 is 0.491 bits per heavy atom. The molecular weight excluding hydrogens is 649 g/mol. The monoisotopic (exact) mass is 682 g/mol. The molecule has 4 heterocycles. The average Bonchev–Trinajstić information content (AvgIpc) is 3.86. The van der Waals surface area contributed by atoms with Gasteiger partial charge >= 0.3 is 0 Å². The van der Waals surface area contributed by atoms with E-state index in [1.165, 1.54) is 10.8 Å². The van der Waals surface area contributed by atoms with Gasteiger partial charge < -0.3 is 14.7 Å². The molecule has 0 amide bonds. The Morgan fingerprint density at radius 2 is 0.943 bits per heavy atom. The number of aliphatic imine (C=N–C) groups is 2. The molecule has 2 unspecified atom stereocenters. The smallest absolute Gasteiger partial charge is 0.140 e. The van der Waals surface area contributed by atoms with E-state index in [1.807, 2.05) is 18.2 Å². The molecule has 6 aromatic carbocycles. The Bertz CT molecular complexity index is 2560. The summed E-state index contributed by atoms with van der Waals surface area (Å²) in [4.78, 5) is 16.8. The number of rotatable bonds is 6. The van der Waals surface area contributed by atoms with E-state index in [9.17, 15) is 5.26 Å². The van der Waals surface area contributed by atoms with Crippen molar-refractivity contribution in [2.45, 2.75) is 12.3 Å². The van der Waals surface area contributed by atoms with Crippen LogP contribution in [0.2, 0.25) is 0 Å². The second-order valence-electron chi connectivity index (χ2n) is 13.8. The first kappa shape index (κ1) is 30.8.